The van der Waals surface area contributed by atoms with Gasteiger partial charge in [-0.1, -0.05) is 29.5 Å². The number of furan rings is 1. The van der Waals surface area contributed by atoms with Crippen LogP contribution in [-0.4, -0.2) is 43.4 Å². The third-order valence-corrected chi connectivity index (χ3v) is 8.03. The zero-order valence-electron chi connectivity index (χ0n) is 25.7. The van der Waals surface area contributed by atoms with Crippen molar-refractivity contribution in [3.63, 3.8) is 0 Å². The lowest BCUT2D eigenvalue weighted by Gasteiger charge is -2.25. The van der Waals surface area contributed by atoms with Crippen molar-refractivity contribution < 1.29 is 46.1 Å². The van der Waals surface area contributed by atoms with Crippen molar-refractivity contribution in [2.75, 3.05) is 26.9 Å². The first-order valence-electron chi connectivity index (χ1n) is 14.4. The molecule has 2 aromatic carbocycles. The Morgan fingerprint density at radius 1 is 1.04 bits per heavy atom. The fraction of sp³-hybridized carbons (Fsp3) is 0.273. The lowest BCUT2D eigenvalue weighted by molar-refractivity contribution is -0.143. The van der Waals surface area contributed by atoms with E-state index in [9.17, 15) is 27.6 Å². The number of thiazole rings is 1. The summed E-state index contributed by atoms with van der Waals surface area (Å²) in [5.74, 6) is -0.315. The first-order valence-corrected chi connectivity index (χ1v) is 15.2. The number of benzene rings is 2. The van der Waals surface area contributed by atoms with E-state index in [0.717, 1.165) is 23.5 Å². The van der Waals surface area contributed by atoms with Crippen molar-refractivity contribution >= 4 is 29.4 Å². The van der Waals surface area contributed by atoms with Crippen molar-refractivity contribution in [1.29, 1.82) is 0 Å². The number of allylic oxidation sites excluding steroid dienone is 1. The third kappa shape index (κ3) is 7.02. The van der Waals surface area contributed by atoms with Crippen LogP contribution in [0.15, 0.2) is 80.1 Å². The lowest BCUT2D eigenvalue weighted by atomic mass is 9.95. The average molecular weight is 671 g/mol. The Hall–Kier alpha value is -5.11. The lowest BCUT2D eigenvalue weighted by Crippen LogP contribution is -2.40. The summed E-state index contributed by atoms with van der Waals surface area (Å²) in [6.07, 6.45) is -3.05. The Kier molecular flexibility index (Phi) is 9.70. The Labute approximate surface area is 270 Å². The number of aromatic nitrogens is 1. The molecule has 0 bridgehead atoms. The molecule has 0 fully saturated rings. The van der Waals surface area contributed by atoms with E-state index in [-0.39, 0.29) is 58.5 Å². The Morgan fingerprint density at radius 3 is 2.53 bits per heavy atom. The Balaban J connectivity index is 1.60. The normalized spacial score (nSPS) is 14.8. The average Bonchev–Trinajstić information content (AvgIpc) is 3.63. The van der Waals surface area contributed by atoms with E-state index >= 15 is 0 Å². The van der Waals surface area contributed by atoms with Gasteiger partial charge >= 0.3 is 18.1 Å². The molecule has 0 amide bonds. The van der Waals surface area contributed by atoms with Gasteiger partial charge in [-0.2, -0.15) is 13.2 Å². The smallest absolute Gasteiger partial charge is 0.416 e. The second-order valence-corrected chi connectivity index (χ2v) is 11.1. The maximum Gasteiger partial charge on any atom is 0.416 e. The molecule has 0 radical (unpaired) electrons. The van der Waals surface area contributed by atoms with Gasteiger partial charge in [-0.05, 0) is 62.7 Å². The predicted octanol–water partition coefficient (Wildman–Crippen LogP) is 5.03. The van der Waals surface area contributed by atoms with Gasteiger partial charge in [-0.15, -0.1) is 0 Å². The summed E-state index contributed by atoms with van der Waals surface area (Å²) in [5.41, 5.74) is -0.122. The molecule has 2 aromatic heterocycles. The van der Waals surface area contributed by atoms with Crippen LogP contribution in [0.5, 0.6) is 11.5 Å². The number of carbonyl (C=O) groups excluding carboxylic acids is 2. The second kappa shape index (κ2) is 13.7. The molecule has 0 saturated carbocycles. The summed E-state index contributed by atoms with van der Waals surface area (Å²) in [6.45, 7) is 5.05. The van der Waals surface area contributed by atoms with Gasteiger partial charge in [0.25, 0.3) is 5.56 Å². The van der Waals surface area contributed by atoms with Crippen LogP contribution in [0, 0.1) is 0 Å². The topological polar surface area (TPSA) is 119 Å². The van der Waals surface area contributed by atoms with E-state index in [2.05, 4.69) is 9.73 Å². The molecule has 14 heteroatoms. The number of methoxy groups -OCH3 is 1. The number of fused-ring (bicyclic) bond motifs is 1. The molecule has 47 heavy (non-hydrogen) atoms. The van der Waals surface area contributed by atoms with Gasteiger partial charge in [-0.25, -0.2) is 14.6 Å². The highest BCUT2D eigenvalue weighted by Gasteiger charge is 2.34. The summed E-state index contributed by atoms with van der Waals surface area (Å²) in [6, 6.07) is 11.6. The summed E-state index contributed by atoms with van der Waals surface area (Å²) >= 11 is 1.05. The van der Waals surface area contributed by atoms with Gasteiger partial charge in [0.1, 0.15) is 11.5 Å². The van der Waals surface area contributed by atoms with E-state index in [4.69, 9.17) is 18.6 Å². The highest BCUT2D eigenvalue weighted by Crippen LogP contribution is 2.37. The van der Waals surface area contributed by atoms with Crippen molar-refractivity contribution in [1.82, 2.24) is 4.57 Å². The van der Waals surface area contributed by atoms with Crippen LogP contribution >= 0.6 is 11.3 Å². The van der Waals surface area contributed by atoms with E-state index in [1.54, 1.807) is 45.0 Å². The summed E-state index contributed by atoms with van der Waals surface area (Å²) < 4.78 is 68.5. The first kappa shape index (κ1) is 33.3. The van der Waals surface area contributed by atoms with E-state index in [1.165, 1.54) is 36.0 Å². The van der Waals surface area contributed by atoms with Crippen LogP contribution < -0.4 is 24.4 Å². The standard InChI is InChI=1S/C33H29F3N2O8S/c1-5-43-25-15-20(10-12-24(25)45-17-27(39)42-4)29-28(31(41)44-6-2)18(3)37-32-38(29)30(40)26(47-32)16-22-11-13-23(46-22)19-8-7-9-21(14-19)33(34,35)36/h7-16,29H,5-6,17H2,1-4H3/b26-16+/t29-/m0/s1. The minimum absolute atomic E-state index is 0.0873. The third-order valence-electron chi connectivity index (χ3n) is 7.05. The van der Waals surface area contributed by atoms with E-state index in [1.807, 2.05) is 0 Å². The van der Waals surface area contributed by atoms with E-state index < -0.39 is 35.3 Å². The van der Waals surface area contributed by atoms with Gasteiger partial charge < -0.3 is 23.4 Å². The highest BCUT2D eigenvalue weighted by molar-refractivity contribution is 7.07. The highest BCUT2D eigenvalue weighted by atomic mass is 32.1. The molecule has 0 spiro atoms. The molecule has 10 nitrogen and oxygen atoms in total. The van der Waals surface area contributed by atoms with Crippen LogP contribution in [0.4, 0.5) is 13.2 Å². The van der Waals surface area contributed by atoms with Crippen LogP contribution in [0.1, 0.15) is 43.7 Å². The minimum Gasteiger partial charge on any atom is -0.490 e. The molecular formula is C33H29F3N2O8S. The molecule has 3 heterocycles. The maximum atomic E-state index is 14.0. The quantitative estimate of drug-likeness (QED) is 0.216. The van der Waals surface area contributed by atoms with Crippen LogP contribution in [-0.2, 0) is 25.2 Å². The summed E-state index contributed by atoms with van der Waals surface area (Å²) in [4.78, 5) is 43.8. The van der Waals surface area contributed by atoms with Crippen LogP contribution in [0.25, 0.3) is 17.4 Å². The number of hydrogen-bond acceptors (Lipinski definition) is 10. The zero-order chi connectivity index (χ0) is 33.9. The van der Waals surface area contributed by atoms with Gasteiger partial charge in [0, 0.05) is 11.6 Å². The molecular weight excluding hydrogens is 641 g/mol. The van der Waals surface area contributed by atoms with Gasteiger partial charge in [0.05, 0.1) is 47.7 Å². The number of rotatable bonds is 10. The largest absolute Gasteiger partial charge is 0.490 e. The van der Waals surface area contributed by atoms with Gasteiger partial charge in [-0.3, -0.25) is 9.36 Å². The fourth-order valence-electron chi connectivity index (χ4n) is 4.95. The number of esters is 2. The van der Waals surface area contributed by atoms with Crippen molar-refractivity contribution in [3.05, 3.63) is 102 Å². The maximum absolute atomic E-state index is 14.0. The first-order chi connectivity index (χ1) is 22.4. The number of ether oxygens (including phenoxy) is 4. The molecule has 1 atom stereocenters. The van der Waals surface area contributed by atoms with Gasteiger partial charge in [0.15, 0.2) is 22.9 Å². The number of alkyl halides is 3. The zero-order valence-corrected chi connectivity index (χ0v) is 26.5. The minimum atomic E-state index is -4.52. The van der Waals surface area contributed by atoms with Crippen molar-refractivity contribution in [2.24, 2.45) is 4.99 Å². The van der Waals surface area contributed by atoms with E-state index in [0.29, 0.717) is 16.1 Å². The molecule has 5 rings (SSSR count). The number of carbonyl (C=O) groups is 2. The number of nitrogens with zero attached hydrogens (tertiary/aromatic N) is 2. The fourth-order valence-corrected chi connectivity index (χ4v) is 5.98. The molecule has 246 valence electrons. The molecule has 4 aromatic rings. The summed E-state index contributed by atoms with van der Waals surface area (Å²) in [7, 11) is 1.24. The van der Waals surface area contributed by atoms with Crippen molar-refractivity contribution in [2.45, 2.75) is 33.0 Å². The number of halogens is 3. The van der Waals surface area contributed by atoms with Crippen molar-refractivity contribution in [3.8, 4) is 22.8 Å². The van der Waals surface area contributed by atoms with Crippen LogP contribution in [0.2, 0.25) is 0 Å². The Morgan fingerprint density at radius 2 is 1.83 bits per heavy atom. The predicted molar refractivity (Wildman–Crippen MR) is 165 cm³/mol. The molecule has 1 aliphatic rings. The molecule has 0 aliphatic carbocycles. The molecule has 0 saturated heterocycles. The number of hydrogen-bond donors (Lipinski definition) is 0. The molecule has 0 unspecified atom stereocenters. The van der Waals surface area contributed by atoms with Crippen LogP contribution in [0.3, 0.4) is 0 Å². The monoisotopic (exact) mass is 670 g/mol. The summed E-state index contributed by atoms with van der Waals surface area (Å²) in [5, 5.41) is 0. The van der Waals surface area contributed by atoms with Gasteiger partial charge in [0.2, 0.25) is 0 Å². The second-order valence-electron chi connectivity index (χ2n) is 10.1. The Bertz CT molecular complexity index is 2040. The molecule has 1 aliphatic heterocycles. The SMILES string of the molecule is CCOC(=O)C1=C(C)N=c2s/c(=C/c3ccc(-c4cccc(C(F)(F)F)c4)o3)c(=O)n2[C@H]1c1ccc(OCC(=O)OC)c(OCC)c1. The molecule has 0 N–H and O–H groups in total.